The normalized spacial score (nSPS) is 10.9. The summed E-state index contributed by atoms with van der Waals surface area (Å²) in [4.78, 5) is 17.0. The van der Waals surface area contributed by atoms with Gasteiger partial charge in [-0.15, -0.1) is 0 Å². The van der Waals surface area contributed by atoms with Crippen LogP contribution in [0.25, 0.3) is 0 Å². The van der Waals surface area contributed by atoms with Crippen LogP contribution in [0.3, 0.4) is 0 Å². The lowest BCUT2D eigenvalue weighted by Crippen LogP contribution is -2.38. The number of halogens is 2. The van der Waals surface area contributed by atoms with Gasteiger partial charge >= 0.3 is 6.09 Å². The first-order valence-corrected chi connectivity index (χ1v) is 6.84. The molecular weight excluding hydrogens is 297 g/mol. The average Bonchev–Trinajstić information content (AvgIpc) is 2.36. The maximum Gasteiger partial charge on any atom is 0.416 e. The second kappa shape index (κ2) is 6.72. The van der Waals surface area contributed by atoms with Crippen molar-refractivity contribution in [2.45, 2.75) is 39.7 Å². The molecule has 1 heterocycles. The number of carbonyl (C=O) groups excluding carboxylic acids is 1. The van der Waals surface area contributed by atoms with Crippen molar-refractivity contribution < 1.29 is 13.9 Å². The zero-order chi connectivity index (χ0) is 16.2. The van der Waals surface area contributed by atoms with Crippen molar-refractivity contribution in [2.24, 2.45) is 0 Å². The van der Waals surface area contributed by atoms with E-state index in [1.54, 1.807) is 26.8 Å². The highest BCUT2D eigenvalue weighted by Crippen LogP contribution is 2.24. The SMILES string of the molecule is CCCN(C(=O)OC(C)(C)C)c1nc(Cl)c(C#N)cc1F. The Morgan fingerprint density at radius 2 is 2.19 bits per heavy atom. The summed E-state index contributed by atoms with van der Waals surface area (Å²) in [6.45, 7) is 7.20. The Balaban J connectivity index is 3.21. The van der Waals surface area contributed by atoms with Crippen LogP contribution in [-0.4, -0.2) is 23.2 Å². The van der Waals surface area contributed by atoms with E-state index in [4.69, 9.17) is 21.6 Å². The molecule has 5 nitrogen and oxygen atoms in total. The molecular formula is C14H17ClFN3O2. The fourth-order valence-electron chi connectivity index (χ4n) is 1.55. The van der Waals surface area contributed by atoms with E-state index in [1.165, 1.54) is 0 Å². The highest BCUT2D eigenvalue weighted by Gasteiger charge is 2.26. The van der Waals surface area contributed by atoms with Crippen LogP contribution in [0.15, 0.2) is 6.07 Å². The van der Waals surface area contributed by atoms with Gasteiger partial charge in [0, 0.05) is 6.54 Å². The number of nitriles is 1. The van der Waals surface area contributed by atoms with E-state index in [1.807, 2.05) is 6.92 Å². The summed E-state index contributed by atoms with van der Waals surface area (Å²) >= 11 is 5.80. The Labute approximate surface area is 128 Å². The summed E-state index contributed by atoms with van der Waals surface area (Å²) in [6, 6.07) is 2.69. The molecule has 0 saturated carbocycles. The van der Waals surface area contributed by atoms with Gasteiger partial charge in [-0.1, -0.05) is 18.5 Å². The van der Waals surface area contributed by atoms with Gasteiger partial charge in [-0.05, 0) is 33.3 Å². The Kier molecular flexibility index (Phi) is 5.50. The second-order valence-corrected chi connectivity index (χ2v) is 5.73. The van der Waals surface area contributed by atoms with E-state index < -0.39 is 17.5 Å². The van der Waals surface area contributed by atoms with Gasteiger partial charge < -0.3 is 4.74 Å². The Bertz CT molecular complexity index is 579. The third-order valence-corrected chi connectivity index (χ3v) is 2.64. The van der Waals surface area contributed by atoms with Gasteiger partial charge in [0.1, 0.15) is 16.8 Å². The summed E-state index contributed by atoms with van der Waals surface area (Å²) in [5.41, 5.74) is -0.797. The number of ether oxygens (including phenoxy) is 1. The monoisotopic (exact) mass is 313 g/mol. The quantitative estimate of drug-likeness (QED) is 0.794. The molecule has 21 heavy (non-hydrogen) atoms. The highest BCUT2D eigenvalue weighted by atomic mass is 35.5. The Morgan fingerprint density at radius 1 is 1.57 bits per heavy atom. The van der Waals surface area contributed by atoms with Gasteiger partial charge in [-0.25, -0.2) is 14.2 Å². The van der Waals surface area contributed by atoms with E-state index in [9.17, 15) is 9.18 Å². The molecule has 114 valence electrons. The lowest BCUT2D eigenvalue weighted by atomic mass is 10.2. The second-order valence-electron chi connectivity index (χ2n) is 5.38. The largest absolute Gasteiger partial charge is 0.443 e. The molecule has 0 aromatic carbocycles. The number of anilines is 1. The molecule has 0 unspecified atom stereocenters. The average molecular weight is 314 g/mol. The van der Waals surface area contributed by atoms with Gasteiger partial charge in [-0.2, -0.15) is 5.26 Å². The number of amides is 1. The number of pyridine rings is 1. The van der Waals surface area contributed by atoms with E-state index in [0.29, 0.717) is 6.42 Å². The molecule has 0 atom stereocenters. The van der Waals surface area contributed by atoms with Gasteiger partial charge in [-0.3, -0.25) is 4.90 Å². The minimum absolute atomic E-state index is 0.0847. The topological polar surface area (TPSA) is 66.2 Å². The van der Waals surface area contributed by atoms with Gasteiger partial charge in [0.15, 0.2) is 11.6 Å². The molecule has 0 aliphatic carbocycles. The van der Waals surface area contributed by atoms with Crippen LogP contribution in [0.2, 0.25) is 5.15 Å². The molecule has 0 N–H and O–H groups in total. The third-order valence-electron chi connectivity index (χ3n) is 2.35. The number of nitrogens with zero attached hydrogens (tertiary/aromatic N) is 3. The predicted molar refractivity (Wildman–Crippen MR) is 77.8 cm³/mol. The van der Waals surface area contributed by atoms with Crippen molar-refractivity contribution in [3.63, 3.8) is 0 Å². The van der Waals surface area contributed by atoms with E-state index in [-0.39, 0.29) is 23.1 Å². The minimum atomic E-state index is -0.796. The van der Waals surface area contributed by atoms with Gasteiger partial charge in [0.05, 0.1) is 5.56 Å². The molecule has 0 saturated heterocycles. The molecule has 1 rings (SSSR count). The standard InChI is InChI=1S/C14H17ClFN3O2/c1-5-6-19(13(20)21-14(2,3)4)12-10(16)7-9(8-17)11(15)18-12/h7H,5-6H2,1-4H3. The van der Waals surface area contributed by atoms with Crippen molar-refractivity contribution in [1.29, 1.82) is 5.26 Å². The summed E-state index contributed by atoms with van der Waals surface area (Å²) < 4.78 is 19.3. The fourth-order valence-corrected chi connectivity index (χ4v) is 1.73. The van der Waals surface area contributed by atoms with E-state index in [2.05, 4.69) is 4.98 Å². The first-order valence-electron chi connectivity index (χ1n) is 6.46. The van der Waals surface area contributed by atoms with Crippen LogP contribution in [0, 0.1) is 17.1 Å². The van der Waals surface area contributed by atoms with Crippen molar-refractivity contribution in [2.75, 3.05) is 11.4 Å². The van der Waals surface area contributed by atoms with E-state index >= 15 is 0 Å². The predicted octanol–water partition coefficient (Wildman–Crippen LogP) is 3.90. The number of rotatable bonds is 3. The molecule has 0 radical (unpaired) electrons. The van der Waals surface area contributed by atoms with Crippen LogP contribution in [-0.2, 0) is 4.74 Å². The van der Waals surface area contributed by atoms with Crippen molar-refractivity contribution in [1.82, 2.24) is 4.98 Å². The number of aromatic nitrogens is 1. The van der Waals surface area contributed by atoms with Crippen LogP contribution in [0.5, 0.6) is 0 Å². The van der Waals surface area contributed by atoms with Crippen LogP contribution in [0.1, 0.15) is 39.7 Å². The lowest BCUT2D eigenvalue weighted by Gasteiger charge is -2.26. The lowest BCUT2D eigenvalue weighted by molar-refractivity contribution is 0.0578. The van der Waals surface area contributed by atoms with Crippen molar-refractivity contribution in [3.8, 4) is 6.07 Å². The number of hydrogen-bond acceptors (Lipinski definition) is 4. The number of hydrogen-bond donors (Lipinski definition) is 0. The third kappa shape index (κ3) is 4.57. The fraction of sp³-hybridized carbons (Fsp3) is 0.500. The first-order chi connectivity index (χ1) is 9.69. The highest BCUT2D eigenvalue weighted by molar-refractivity contribution is 6.30. The summed E-state index contributed by atoms with van der Waals surface area (Å²) in [6.07, 6.45) is -0.130. The Hall–Kier alpha value is -1.87. The summed E-state index contributed by atoms with van der Waals surface area (Å²) in [7, 11) is 0. The molecule has 7 heteroatoms. The van der Waals surface area contributed by atoms with Gasteiger partial charge in [0.25, 0.3) is 0 Å². The van der Waals surface area contributed by atoms with Crippen molar-refractivity contribution >= 4 is 23.5 Å². The Morgan fingerprint density at radius 3 is 2.67 bits per heavy atom. The smallest absolute Gasteiger partial charge is 0.416 e. The molecule has 1 aromatic rings. The molecule has 0 fully saturated rings. The van der Waals surface area contributed by atoms with Crippen LogP contribution >= 0.6 is 11.6 Å². The maximum atomic E-state index is 14.1. The molecule has 1 aromatic heterocycles. The summed E-state index contributed by atoms with van der Waals surface area (Å²) in [5.74, 6) is -1.04. The minimum Gasteiger partial charge on any atom is -0.443 e. The first kappa shape index (κ1) is 17.2. The molecule has 0 aliphatic rings. The zero-order valence-corrected chi connectivity index (χ0v) is 13.2. The van der Waals surface area contributed by atoms with Crippen LogP contribution in [0.4, 0.5) is 15.0 Å². The van der Waals surface area contributed by atoms with Crippen LogP contribution < -0.4 is 4.90 Å². The van der Waals surface area contributed by atoms with Crippen molar-refractivity contribution in [3.05, 3.63) is 22.6 Å². The summed E-state index contributed by atoms with van der Waals surface area (Å²) in [5, 5.41) is 8.64. The molecule has 0 spiro atoms. The molecule has 0 bridgehead atoms. The molecule has 1 amide bonds. The zero-order valence-electron chi connectivity index (χ0n) is 12.4. The maximum absolute atomic E-state index is 14.1. The molecule has 0 aliphatic heterocycles. The van der Waals surface area contributed by atoms with Gasteiger partial charge in [0.2, 0.25) is 0 Å². The number of carbonyl (C=O) groups is 1. The van der Waals surface area contributed by atoms with E-state index in [0.717, 1.165) is 11.0 Å².